The van der Waals surface area contributed by atoms with Gasteiger partial charge in [0, 0.05) is 22.3 Å². The van der Waals surface area contributed by atoms with E-state index in [2.05, 4.69) is 37.2 Å². The molecule has 2 N–H and O–H groups in total. The maximum atomic E-state index is 13.1. The third-order valence-corrected chi connectivity index (χ3v) is 5.02. The van der Waals surface area contributed by atoms with Crippen molar-refractivity contribution in [2.75, 3.05) is 5.32 Å². The third-order valence-electron chi connectivity index (χ3n) is 3.97. The van der Waals surface area contributed by atoms with E-state index >= 15 is 0 Å². The minimum absolute atomic E-state index is 0.216. The molecule has 3 rings (SSSR count). The van der Waals surface area contributed by atoms with Crippen LogP contribution in [0.15, 0.2) is 69.6 Å². The number of carboxylic acids is 1. The molecular formula is C21H16Br2FNO3. The molecule has 0 spiro atoms. The summed E-state index contributed by atoms with van der Waals surface area (Å²) in [7, 11) is 0. The predicted molar refractivity (Wildman–Crippen MR) is 113 cm³/mol. The van der Waals surface area contributed by atoms with Crippen LogP contribution in [0.3, 0.4) is 0 Å². The first-order chi connectivity index (χ1) is 13.4. The molecule has 0 atom stereocenters. The Morgan fingerprint density at radius 2 is 1.82 bits per heavy atom. The molecule has 7 heteroatoms. The van der Waals surface area contributed by atoms with Gasteiger partial charge in [-0.15, -0.1) is 0 Å². The molecule has 0 bridgehead atoms. The molecule has 0 aromatic heterocycles. The van der Waals surface area contributed by atoms with Gasteiger partial charge in [0.1, 0.15) is 18.2 Å². The Balaban J connectivity index is 1.77. The molecule has 144 valence electrons. The minimum Gasteiger partial charge on any atom is -0.487 e. The fraction of sp³-hybridized carbons (Fsp3) is 0.0952. The molecule has 3 aromatic rings. The van der Waals surface area contributed by atoms with E-state index in [0.29, 0.717) is 24.6 Å². The quantitative estimate of drug-likeness (QED) is 0.396. The van der Waals surface area contributed by atoms with Gasteiger partial charge in [-0.2, -0.15) is 0 Å². The lowest BCUT2D eigenvalue weighted by molar-refractivity contribution is 0.0697. The fourth-order valence-electron chi connectivity index (χ4n) is 2.60. The first-order valence-corrected chi connectivity index (χ1v) is 9.93. The smallest absolute Gasteiger partial charge is 0.335 e. The Kier molecular flexibility index (Phi) is 6.70. The number of hydrogen-bond donors (Lipinski definition) is 2. The number of benzene rings is 3. The first kappa shape index (κ1) is 20.4. The van der Waals surface area contributed by atoms with Gasteiger partial charge in [-0.25, -0.2) is 9.18 Å². The van der Waals surface area contributed by atoms with E-state index in [1.807, 2.05) is 12.1 Å². The van der Waals surface area contributed by atoms with Crippen LogP contribution in [0.2, 0.25) is 0 Å². The van der Waals surface area contributed by atoms with Crippen molar-refractivity contribution in [1.29, 1.82) is 0 Å². The molecule has 0 heterocycles. The lowest BCUT2D eigenvalue weighted by Gasteiger charge is -2.16. The number of aromatic carboxylic acids is 1. The number of carbonyl (C=O) groups is 1. The lowest BCUT2D eigenvalue weighted by atomic mass is 10.1. The molecule has 0 aliphatic carbocycles. The van der Waals surface area contributed by atoms with E-state index in [1.54, 1.807) is 36.4 Å². The summed E-state index contributed by atoms with van der Waals surface area (Å²) in [6.07, 6.45) is 0. The molecule has 0 unspecified atom stereocenters. The average Bonchev–Trinajstić information content (AvgIpc) is 2.67. The summed E-state index contributed by atoms with van der Waals surface area (Å²) in [5.41, 5.74) is 2.64. The normalized spacial score (nSPS) is 10.5. The number of anilines is 1. The van der Waals surface area contributed by atoms with Crippen LogP contribution in [0.4, 0.5) is 10.1 Å². The van der Waals surface area contributed by atoms with Crippen molar-refractivity contribution in [1.82, 2.24) is 0 Å². The van der Waals surface area contributed by atoms with Crippen molar-refractivity contribution in [3.05, 3.63) is 92.1 Å². The van der Waals surface area contributed by atoms with Gasteiger partial charge in [0.25, 0.3) is 0 Å². The van der Waals surface area contributed by atoms with Crippen LogP contribution in [-0.2, 0) is 13.2 Å². The SMILES string of the molecule is O=C(O)c1cccc(NCc2cc(Br)cc(Br)c2OCc2ccc(F)cc2)c1. The Labute approximate surface area is 178 Å². The summed E-state index contributed by atoms with van der Waals surface area (Å²) in [6.45, 7) is 0.724. The second-order valence-electron chi connectivity index (χ2n) is 6.03. The second kappa shape index (κ2) is 9.21. The summed E-state index contributed by atoms with van der Waals surface area (Å²) in [6, 6.07) is 16.6. The van der Waals surface area contributed by atoms with E-state index in [0.717, 1.165) is 20.1 Å². The third kappa shape index (κ3) is 5.33. The van der Waals surface area contributed by atoms with Crippen molar-refractivity contribution < 1.29 is 19.0 Å². The zero-order chi connectivity index (χ0) is 20.1. The van der Waals surface area contributed by atoms with E-state index in [9.17, 15) is 9.18 Å². The number of carboxylic acid groups (broad SMARTS) is 1. The molecule has 4 nitrogen and oxygen atoms in total. The van der Waals surface area contributed by atoms with Crippen molar-refractivity contribution in [2.45, 2.75) is 13.2 Å². The van der Waals surface area contributed by atoms with Crippen molar-refractivity contribution in [2.24, 2.45) is 0 Å². The average molecular weight is 509 g/mol. The van der Waals surface area contributed by atoms with Crippen LogP contribution in [0.5, 0.6) is 5.75 Å². The van der Waals surface area contributed by atoms with E-state index < -0.39 is 5.97 Å². The van der Waals surface area contributed by atoms with Crippen molar-refractivity contribution >= 4 is 43.5 Å². The molecule has 0 saturated carbocycles. The van der Waals surface area contributed by atoms with Crippen LogP contribution in [0, 0.1) is 5.82 Å². The molecule has 0 saturated heterocycles. The summed E-state index contributed by atoms with van der Waals surface area (Å²) >= 11 is 6.99. The predicted octanol–water partition coefficient (Wildman–Crippen LogP) is 6.24. The molecule has 0 aliphatic rings. The largest absolute Gasteiger partial charge is 0.487 e. The van der Waals surface area contributed by atoms with Crippen LogP contribution < -0.4 is 10.1 Å². The molecule has 0 radical (unpaired) electrons. The fourth-order valence-corrected chi connectivity index (χ4v) is 4.03. The van der Waals surface area contributed by atoms with Crippen molar-refractivity contribution in [3.63, 3.8) is 0 Å². The second-order valence-corrected chi connectivity index (χ2v) is 7.80. The van der Waals surface area contributed by atoms with Crippen LogP contribution >= 0.6 is 31.9 Å². The minimum atomic E-state index is -0.975. The van der Waals surface area contributed by atoms with Gasteiger partial charge in [-0.3, -0.25) is 0 Å². The van der Waals surface area contributed by atoms with Crippen LogP contribution in [-0.4, -0.2) is 11.1 Å². The zero-order valence-corrected chi connectivity index (χ0v) is 17.8. The van der Waals surface area contributed by atoms with Crippen LogP contribution in [0.25, 0.3) is 0 Å². The van der Waals surface area contributed by atoms with Crippen molar-refractivity contribution in [3.8, 4) is 5.75 Å². The Morgan fingerprint density at radius 3 is 2.54 bits per heavy atom. The molecule has 0 fully saturated rings. The van der Waals surface area contributed by atoms with E-state index in [4.69, 9.17) is 9.84 Å². The van der Waals surface area contributed by atoms with Gasteiger partial charge in [-0.05, 0) is 64.0 Å². The van der Waals surface area contributed by atoms with Gasteiger partial charge in [0.15, 0.2) is 0 Å². The topological polar surface area (TPSA) is 58.6 Å². The highest BCUT2D eigenvalue weighted by molar-refractivity contribution is 9.11. The number of halogens is 3. The molecule has 28 heavy (non-hydrogen) atoms. The Morgan fingerprint density at radius 1 is 1.07 bits per heavy atom. The maximum Gasteiger partial charge on any atom is 0.335 e. The monoisotopic (exact) mass is 507 g/mol. The van der Waals surface area contributed by atoms with Gasteiger partial charge >= 0.3 is 5.97 Å². The maximum absolute atomic E-state index is 13.1. The Hall–Kier alpha value is -2.38. The summed E-state index contributed by atoms with van der Waals surface area (Å²) in [5, 5.41) is 12.3. The number of rotatable bonds is 7. The van der Waals surface area contributed by atoms with Gasteiger partial charge in [0.05, 0.1) is 10.0 Å². The van der Waals surface area contributed by atoms with E-state index in [1.165, 1.54) is 12.1 Å². The summed E-state index contributed by atoms with van der Waals surface area (Å²) in [5.74, 6) is -0.603. The van der Waals surface area contributed by atoms with E-state index in [-0.39, 0.29) is 11.4 Å². The zero-order valence-electron chi connectivity index (χ0n) is 14.6. The van der Waals surface area contributed by atoms with Crippen LogP contribution in [0.1, 0.15) is 21.5 Å². The highest BCUT2D eigenvalue weighted by atomic mass is 79.9. The summed E-state index contributed by atoms with van der Waals surface area (Å²) < 4.78 is 20.7. The first-order valence-electron chi connectivity index (χ1n) is 8.35. The standard InChI is InChI=1S/C21H16Br2FNO3/c22-16-8-15(11-25-18-3-1-2-14(9-18)21(26)27)20(19(23)10-16)28-12-13-4-6-17(24)7-5-13/h1-10,25H,11-12H2,(H,26,27). The van der Waals surface area contributed by atoms with Gasteiger partial charge in [0.2, 0.25) is 0 Å². The molecular weight excluding hydrogens is 493 g/mol. The highest BCUT2D eigenvalue weighted by Gasteiger charge is 2.12. The number of nitrogens with one attached hydrogen (secondary N) is 1. The number of hydrogen-bond acceptors (Lipinski definition) is 3. The lowest BCUT2D eigenvalue weighted by Crippen LogP contribution is -2.05. The molecule has 0 amide bonds. The Bertz CT molecular complexity index is 993. The van der Waals surface area contributed by atoms with Gasteiger partial charge in [-0.1, -0.05) is 34.1 Å². The summed E-state index contributed by atoms with van der Waals surface area (Å²) in [4.78, 5) is 11.1. The molecule has 0 aliphatic heterocycles. The molecule has 3 aromatic carbocycles. The number of ether oxygens (including phenoxy) is 1. The highest BCUT2D eigenvalue weighted by Crippen LogP contribution is 2.34. The van der Waals surface area contributed by atoms with Gasteiger partial charge < -0.3 is 15.2 Å².